The highest BCUT2D eigenvalue weighted by molar-refractivity contribution is 7.89. The first-order chi connectivity index (χ1) is 9.30. The number of carbonyl (C=O) groups is 1. The predicted octanol–water partition coefficient (Wildman–Crippen LogP) is -0.898. The number of H-pyrrole nitrogens is 1. The molecule has 0 bridgehead atoms. The van der Waals surface area contributed by atoms with Gasteiger partial charge in [0, 0.05) is 12.7 Å². The van der Waals surface area contributed by atoms with Gasteiger partial charge < -0.3 is 10.4 Å². The summed E-state index contributed by atoms with van der Waals surface area (Å²) in [4.78, 5) is 11.7. The number of aromatic amines is 1. The Morgan fingerprint density at radius 1 is 1.55 bits per heavy atom. The molecule has 0 atom stereocenters. The normalized spacial score (nSPS) is 27.2. The van der Waals surface area contributed by atoms with Gasteiger partial charge in [-0.05, 0) is 31.7 Å². The Hall–Kier alpha value is -1.45. The fraction of sp³-hybridized carbons (Fsp3) is 0.636. The van der Waals surface area contributed by atoms with E-state index in [9.17, 15) is 18.3 Å². The van der Waals surface area contributed by atoms with Crippen LogP contribution in [0.2, 0.25) is 0 Å². The third-order valence-corrected chi connectivity index (χ3v) is 5.05. The van der Waals surface area contributed by atoms with Crippen LogP contribution in [0.5, 0.6) is 0 Å². The zero-order valence-corrected chi connectivity index (χ0v) is 11.7. The highest BCUT2D eigenvalue weighted by Crippen LogP contribution is 2.30. The van der Waals surface area contributed by atoms with Gasteiger partial charge in [0.05, 0.1) is 10.9 Å². The fourth-order valence-corrected chi connectivity index (χ4v) is 3.25. The Morgan fingerprint density at radius 2 is 2.20 bits per heavy atom. The molecule has 0 spiro atoms. The summed E-state index contributed by atoms with van der Waals surface area (Å²) in [6.07, 6.45) is 2.64. The van der Waals surface area contributed by atoms with Gasteiger partial charge in [0.2, 0.25) is 10.0 Å². The monoisotopic (exact) mass is 302 g/mol. The lowest BCUT2D eigenvalue weighted by molar-refractivity contribution is 0.00603. The Kier molecular flexibility index (Phi) is 4.11. The van der Waals surface area contributed by atoms with Crippen molar-refractivity contribution in [3.63, 3.8) is 0 Å². The molecule has 9 heteroatoms. The maximum atomic E-state index is 11.7. The van der Waals surface area contributed by atoms with Gasteiger partial charge in [0.15, 0.2) is 0 Å². The van der Waals surface area contributed by atoms with Crippen molar-refractivity contribution in [2.24, 2.45) is 5.14 Å². The smallest absolute Gasteiger partial charge is 0.269 e. The number of aliphatic hydroxyl groups is 1. The lowest BCUT2D eigenvalue weighted by atomic mass is 9.84. The molecule has 0 aromatic carbocycles. The number of sulfonamides is 1. The fourth-order valence-electron chi connectivity index (χ4n) is 2.36. The second kappa shape index (κ2) is 5.51. The van der Waals surface area contributed by atoms with Crippen LogP contribution in [0.1, 0.15) is 36.2 Å². The quantitative estimate of drug-likeness (QED) is 0.571. The summed E-state index contributed by atoms with van der Waals surface area (Å²) in [5.74, 6) is -0.357. The Morgan fingerprint density at radius 3 is 2.70 bits per heavy atom. The van der Waals surface area contributed by atoms with Crippen molar-refractivity contribution in [1.29, 1.82) is 0 Å². The van der Waals surface area contributed by atoms with E-state index in [0.717, 1.165) is 0 Å². The molecule has 1 saturated carbocycles. The molecule has 1 aromatic heterocycles. The molecular formula is C11H18N4O4S. The first-order valence-corrected chi connectivity index (χ1v) is 7.93. The van der Waals surface area contributed by atoms with E-state index in [2.05, 4.69) is 15.5 Å². The number of nitrogens with two attached hydrogens (primary N) is 1. The molecule has 2 rings (SSSR count). The first-order valence-electron chi connectivity index (χ1n) is 6.32. The van der Waals surface area contributed by atoms with Gasteiger partial charge in [-0.3, -0.25) is 9.89 Å². The standard InChI is InChI=1S/C11H18N4O4S/c12-20(18,19)8-1-4-11(17,5-2-8)7-13-10(16)9-3-6-14-15-9/h3,6,8,17H,1-2,4-5,7H2,(H,13,16)(H,14,15)(H2,12,18,19). The van der Waals surface area contributed by atoms with Crippen molar-refractivity contribution in [3.05, 3.63) is 18.0 Å². The molecule has 5 N–H and O–H groups in total. The van der Waals surface area contributed by atoms with Crippen LogP contribution in [-0.2, 0) is 10.0 Å². The summed E-state index contributed by atoms with van der Waals surface area (Å²) >= 11 is 0. The molecule has 1 heterocycles. The summed E-state index contributed by atoms with van der Waals surface area (Å²) in [7, 11) is -3.55. The van der Waals surface area contributed by atoms with Crippen LogP contribution in [0, 0.1) is 0 Å². The van der Waals surface area contributed by atoms with Crippen LogP contribution < -0.4 is 10.5 Å². The highest BCUT2D eigenvalue weighted by Gasteiger charge is 2.37. The van der Waals surface area contributed by atoms with Gasteiger partial charge in [-0.25, -0.2) is 13.6 Å². The average molecular weight is 302 g/mol. The number of rotatable bonds is 4. The number of primary sulfonamides is 1. The van der Waals surface area contributed by atoms with E-state index in [4.69, 9.17) is 5.14 Å². The van der Waals surface area contributed by atoms with Gasteiger partial charge in [-0.2, -0.15) is 5.10 Å². The van der Waals surface area contributed by atoms with Crippen molar-refractivity contribution in [2.45, 2.75) is 36.5 Å². The minimum Gasteiger partial charge on any atom is -0.388 e. The maximum Gasteiger partial charge on any atom is 0.269 e. The first kappa shape index (κ1) is 14.9. The van der Waals surface area contributed by atoms with Crippen LogP contribution in [0.15, 0.2) is 12.3 Å². The molecule has 1 fully saturated rings. The number of nitrogens with one attached hydrogen (secondary N) is 2. The Bertz CT molecular complexity index is 561. The van der Waals surface area contributed by atoms with E-state index >= 15 is 0 Å². The van der Waals surface area contributed by atoms with Crippen molar-refractivity contribution in [1.82, 2.24) is 15.5 Å². The van der Waals surface area contributed by atoms with Gasteiger partial charge in [0.1, 0.15) is 5.69 Å². The summed E-state index contributed by atoms with van der Waals surface area (Å²) in [6.45, 7) is 0.0716. The molecule has 1 aliphatic rings. The van der Waals surface area contributed by atoms with Crippen molar-refractivity contribution in [3.8, 4) is 0 Å². The molecular weight excluding hydrogens is 284 g/mol. The molecule has 1 amide bonds. The third-order valence-electron chi connectivity index (χ3n) is 3.65. The molecule has 20 heavy (non-hydrogen) atoms. The summed E-state index contributed by atoms with van der Waals surface area (Å²) < 4.78 is 22.5. The zero-order valence-electron chi connectivity index (χ0n) is 10.9. The lowest BCUT2D eigenvalue weighted by Crippen LogP contribution is -2.47. The van der Waals surface area contributed by atoms with Crippen LogP contribution in [0.25, 0.3) is 0 Å². The second-order valence-electron chi connectivity index (χ2n) is 5.17. The predicted molar refractivity (Wildman–Crippen MR) is 71.2 cm³/mol. The van der Waals surface area contributed by atoms with Gasteiger partial charge in [-0.15, -0.1) is 0 Å². The Labute approximate surface area is 116 Å². The lowest BCUT2D eigenvalue weighted by Gasteiger charge is -2.35. The van der Waals surface area contributed by atoms with E-state index in [1.165, 1.54) is 12.3 Å². The van der Waals surface area contributed by atoms with Crippen molar-refractivity contribution in [2.75, 3.05) is 6.54 Å². The largest absolute Gasteiger partial charge is 0.388 e. The Balaban J connectivity index is 1.86. The van der Waals surface area contributed by atoms with E-state index in [1.807, 2.05) is 0 Å². The highest BCUT2D eigenvalue weighted by atomic mass is 32.2. The minimum atomic E-state index is -3.55. The molecule has 0 aliphatic heterocycles. The van der Waals surface area contributed by atoms with Crippen LogP contribution >= 0.6 is 0 Å². The van der Waals surface area contributed by atoms with Gasteiger partial charge in [0.25, 0.3) is 5.91 Å². The van der Waals surface area contributed by atoms with Crippen LogP contribution in [0.4, 0.5) is 0 Å². The number of hydrogen-bond acceptors (Lipinski definition) is 5. The van der Waals surface area contributed by atoms with Crippen LogP contribution in [-0.4, -0.2) is 47.0 Å². The summed E-state index contributed by atoms with van der Waals surface area (Å²) in [5.41, 5.74) is -0.775. The molecule has 1 aliphatic carbocycles. The summed E-state index contributed by atoms with van der Waals surface area (Å²) in [5, 5.41) is 23.6. The molecule has 1 aromatic rings. The number of carbonyl (C=O) groups excluding carboxylic acids is 1. The van der Waals surface area contributed by atoms with Gasteiger partial charge in [-0.1, -0.05) is 0 Å². The summed E-state index contributed by atoms with van der Waals surface area (Å²) in [6, 6.07) is 1.53. The van der Waals surface area contributed by atoms with E-state index < -0.39 is 20.9 Å². The number of nitrogens with zero attached hydrogens (tertiary/aromatic N) is 1. The average Bonchev–Trinajstić information content (AvgIpc) is 2.89. The van der Waals surface area contributed by atoms with Crippen molar-refractivity contribution < 1.29 is 18.3 Å². The van der Waals surface area contributed by atoms with Gasteiger partial charge >= 0.3 is 0 Å². The second-order valence-corrected chi connectivity index (χ2v) is 7.01. The van der Waals surface area contributed by atoms with E-state index in [-0.39, 0.29) is 25.3 Å². The maximum absolute atomic E-state index is 11.7. The topological polar surface area (TPSA) is 138 Å². The minimum absolute atomic E-state index is 0.0716. The molecule has 112 valence electrons. The number of amides is 1. The number of hydrogen-bond donors (Lipinski definition) is 4. The zero-order chi connectivity index (χ0) is 14.8. The molecule has 8 nitrogen and oxygen atoms in total. The van der Waals surface area contributed by atoms with Crippen molar-refractivity contribution >= 4 is 15.9 Å². The SMILES string of the molecule is NS(=O)(=O)C1CCC(O)(CNC(=O)c2ccn[nH]2)CC1. The van der Waals surface area contributed by atoms with E-state index in [1.54, 1.807) is 0 Å². The molecule has 0 unspecified atom stereocenters. The molecule has 0 radical (unpaired) electrons. The number of aromatic nitrogens is 2. The third kappa shape index (κ3) is 3.56. The molecule has 0 saturated heterocycles. The van der Waals surface area contributed by atoms with Crippen LogP contribution in [0.3, 0.4) is 0 Å². The van der Waals surface area contributed by atoms with E-state index in [0.29, 0.717) is 18.5 Å².